The molecule has 2 unspecified atom stereocenters. The molecule has 5 nitrogen and oxygen atoms in total. The first-order valence-electron chi connectivity index (χ1n) is 10.3. The van der Waals surface area contributed by atoms with E-state index in [0.29, 0.717) is 12.6 Å². The molecular formula is C21H33ClN2O3. The smallest absolute Gasteiger partial charge is 0.412 e. The van der Waals surface area contributed by atoms with Crippen molar-refractivity contribution in [3.05, 3.63) is 24.3 Å². The van der Waals surface area contributed by atoms with Gasteiger partial charge < -0.3 is 26.8 Å². The average Bonchev–Trinajstić information content (AvgIpc) is 2.68. The van der Waals surface area contributed by atoms with Gasteiger partial charge in [0.2, 0.25) is 0 Å². The molecule has 0 aromatic heterocycles. The normalized spacial score (nSPS) is 23.1. The number of likely N-dealkylation sites (tertiary alicyclic amines) is 1. The molecule has 6 heteroatoms. The van der Waals surface area contributed by atoms with Crippen molar-refractivity contribution in [1.82, 2.24) is 0 Å². The molecule has 1 saturated carbocycles. The number of carbonyl (C=O) groups excluding carboxylic acids is 1. The number of benzene rings is 1. The number of amides is 1. The number of anilines is 1. The summed E-state index contributed by atoms with van der Waals surface area (Å²) in [5.74, 6) is 0.776. The number of rotatable bonds is 6. The number of hydrogen-bond donors (Lipinski definition) is 2. The molecule has 0 bridgehead atoms. The summed E-state index contributed by atoms with van der Waals surface area (Å²) in [4.78, 5) is 14.1. The molecule has 1 aromatic carbocycles. The standard InChI is InChI=1S/C21H32N2O3.ClH/c1-2-15-25-18-10-8-9-17(16-18)22-21(24)26-20-12-5-4-11-19(20)23-13-6-3-7-14-23;/h8-10,16,19-20H,2-7,11-15H2,1H3,(H,22,24);1H. The molecule has 152 valence electrons. The largest absolute Gasteiger partial charge is 1.00 e. The molecule has 27 heavy (non-hydrogen) atoms. The fraction of sp³-hybridized carbons (Fsp3) is 0.667. The fourth-order valence-corrected chi connectivity index (χ4v) is 4.25. The maximum absolute atomic E-state index is 12.5. The van der Waals surface area contributed by atoms with Crippen LogP contribution in [-0.2, 0) is 4.74 Å². The van der Waals surface area contributed by atoms with Crippen LogP contribution in [0.3, 0.4) is 0 Å². The molecule has 0 radical (unpaired) electrons. The average molecular weight is 397 g/mol. The van der Waals surface area contributed by atoms with Crippen LogP contribution in [0.4, 0.5) is 10.5 Å². The minimum atomic E-state index is -0.342. The zero-order valence-electron chi connectivity index (χ0n) is 16.3. The Morgan fingerprint density at radius 2 is 1.93 bits per heavy atom. The van der Waals surface area contributed by atoms with E-state index >= 15 is 0 Å². The Morgan fingerprint density at radius 3 is 2.70 bits per heavy atom. The van der Waals surface area contributed by atoms with Gasteiger partial charge in [0.15, 0.2) is 6.10 Å². The van der Waals surface area contributed by atoms with Crippen LogP contribution in [0, 0.1) is 0 Å². The fourth-order valence-electron chi connectivity index (χ4n) is 4.25. The summed E-state index contributed by atoms with van der Waals surface area (Å²) < 4.78 is 11.5. The molecule has 1 heterocycles. The number of nitrogens with one attached hydrogen (secondary N) is 2. The molecule has 2 N–H and O–H groups in total. The van der Waals surface area contributed by atoms with E-state index < -0.39 is 0 Å². The highest BCUT2D eigenvalue weighted by Crippen LogP contribution is 2.22. The van der Waals surface area contributed by atoms with E-state index in [4.69, 9.17) is 9.47 Å². The third kappa shape index (κ3) is 6.58. The third-order valence-electron chi connectivity index (χ3n) is 5.53. The number of hydrogen-bond acceptors (Lipinski definition) is 3. The number of ether oxygens (including phenoxy) is 2. The summed E-state index contributed by atoms with van der Waals surface area (Å²) in [5.41, 5.74) is 0.723. The van der Waals surface area contributed by atoms with E-state index in [-0.39, 0.29) is 24.6 Å². The van der Waals surface area contributed by atoms with Crippen LogP contribution in [-0.4, -0.2) is 37.9 Å². The van der Waals surface area contributed by atoms with Gasteiger partial charge in [0.1, 0.15) is 11.8 Å². The van der Waals surface area contributed by atoms with Gasteiger partial charge in [-0.15, -0.1) is 0 Å². The monoisotopic (exact) mass is 396 g/mol. The van der Waals surface area contributed by atoms with Crippen molar-refractivity contribution in [2.75, 3.05) is 25.0 Å². The zero-order valence-corrected chi connectivity index (χ0v) is 17.1. The van der Waals surface area contributed by atoms with Gasteiger partial charge in [-0.1, -0.05) is 13.0 Å². The number of quaternary nitrogens is 1. The van der Waals surface area contributed by atoms with Crippen LogP contribution in [0.15, 0.2) is 24.3 Å². The lowest BCUT2D eigenvalue weighted by atomic mass is 9.90. The van der Waals surface area contributed by atoms with Crippen LogP contribution in [0.25, 0.3) is 0 Å². The molecule has 3 rings (SSSR count). The third-order valence-corrected chi connectivity index (χ3v) is 5.53. The van der Waals surface area contributed by atoms with Gasteiger partial charge in [0, 0.05) is 18.2 Å². The van der Waals surface area contributed by atoms with Gasteiger partial charge >= 0.3 is 6.09 Å². The summed E-state index contributed by atoms with van der Waals surface area (Å²) >= 11 is 0. The summed E-state index contributed by atoms with van der Waals surface area (Å²) in [6.07, 6.45) is 9.18. The predicted octanol–water partition coefficient (Wildman–Crippen LogP) is 0.408. The molecule has 1 aromatic rings. The quantitative estimate of drug-likeness (QED) is 0.732. The highest BCUT2D eigenvalue weighted by Gasteiger charge is 2.36. The Kier molecular flexibility index (Phi) is 9.22. The van der Waals surface area contributed by atoms with Crippen molar-refractivity contribution in [2.24, 2.45) is 0 Å². The highest BCUT2D eigenvalue weighted by atomic mass is 35.5. The molecule has 1 aliphatic heterocycles. The lowest BCUT2D eigenvalue weighted by Crippen LogP contribution is -3.17. The van der Waals surface area contributed by atoms with Crippen molar-refractivity contribution in [3.8, 4) is 5.75 Å². The minimum absolute atomic E-state index is 0. The second-order valence-corrected chi connectivity index (χ2v) is 7.55. The Balaban J connectivity index is 0.00000261. The lowest BCUT2D eigenvalue weighted by Gasteiger charge is -2.38. The maximum Gasteiger partial charge on any atom is 0.412 e. The second-order valence-electron chi connectivity index (χ2n) is 7.55. The van der Waals surface area contributed by atoms with Crippen molar-refractivity contribution < 1.29 is 31.6 Å². The molecule has 1 saturated heterocycles. The van der Waals surface area contributed by atoms with E-state index in [2.05, 4.69) is 12.2 Å². The van der Waals surface area contributed by atoms with Crippen LogP contribution >= 0.6 is 0 Å². The molecule has 2 atom stereocenters. The van der Waals surface area contributed by atoms with Crippen molar-refractivity contribution in [3.63, 3.8) is 0 Å². The van der Waals surface area contributed by atoms with Gasteiger partial charge in [0.25, 0.3) is 0 Å². The van der Waals surface area contributed by atoms with Crippen LogP contribution in [0.5, 0.6) is 5.75 Å². The Hall–Kier alpha value is -1.46. The summed E-state index contributed by atoms with van der Waals surface area (Å²) in [7, 11) is 0. The molecule has 2 fully saturated rings. The van der Waals surface area contributed by atoms with Gasteiger partial charge in [-0.25, -0.2) is 4.79 Å². The first-order chi connectivity index (χ1) is 12.8. The van der Waals surface area contributed by atoms with E-state index in [0.717, 1.165) is 30.7 Å². The first-order valence-corrected chi connectivity index (χ1v) is 10.3. The highest BCUT2D eigenvalue weighted by molar-refractivity contribution is 5.85. The topological polar surface area (TPSA) is 52.0 Å². The van der Waals surface area contributed by atoms with E-state index in [1.54, 1.807) is 4.90 Å². The SMILES string of the molecule is CCCOc1cccc(NC(=O)OC2CCCCC2[NH+]2CCCCC2)c1.[Cl-]. The van der Waals surface area contributed by atoms with E-state index in [1.807, 2.05) is 24.3 Å². The van der Waals surface area contributed by atoms with Gasteiger partial charge in [0.05, 0.1) is 19.7 Å². The van der Waals surface area contributed by atoms with E-state index in [9.17, 15) is 4.79 Å². The Bertz CT molecular complexity index is 578. The molecule has 0 spiro atoms. The number of carbonyl (C=O) groups is 1. The first kappa shape index (κ1) is 21.8. The predicted molar refractivity (Wildman–Crippen MR) is 103 cm³/mol. The zero-order chi connectivity index (χ0) is 18.2. The van der Waals surface area contributed by atoms with Gasteiger partial charge in [-0.3, -0.25) is 5.32 Å². The van der Waals surface area contributed by atoms with Gasteiger partial charge in [-0.2, -0.15) is 0 Å². The summed E-state index contributed by atoms with van der Waals surface area (Å²) in [5, 5.41) is 2.88. The number of piperidine rings is 1. The van der Waals surface area contributed by atoms with Crippen molar-refractivity contribution >= 4 is 11.8 Å². The Morgan fingerprint density at radius 1 is 1.15 bits per heavy atom. The molecular weight excluding hydrogens is 364 g/mol. The minimum Gasteiger partial charge on any atom is -1.00 e. The lowest BCUT2D eigenvalue weighted by molar-refractivity contribution is -0.934. The van der Waals surface area contributed by atoms with Crippen LogP contribution < -0.4 is 27.4 Å². The molecule has 1 amide bonds. The number of halogens is 1. The maximum atomic E-state index is 12.5. The molecule has 2 aliphatic rings. The summed E-state index contributed by atoms with van der Waals surface area (Å²) in [6.45, 7) is 5.20. The van der Waals surface area contributed by atoms with Crippen LogP contribution in [0.2, 0.25) is 0 Å². The second kappa shape index (κ2) is 11.4. The summed E-state index contributed by atoms with van der Waals surface area (Å²) in [6, 6.07) is 7.98. The van der Waals surface area contributed by atoms with Gasteiger partial charge in [-0.05, 0) is 57.1 Å². The van der Waals surface area contributed by atoms with Crippen LogP contribution in [0.1, 0.15) is 58.3 Å². The van der Waals surface area contributed by atoms with E-state index in [1.165, 1.54) is 45.2 Å². The van der Waals surface area contributed by atoms with Crippen molar-refractivity contribution in [1.29, 1.82) is 0 Å². The van der Waals surface area contributed by atoms with Crippen molar-refractivity contribution in [2.45, 2.75) is 70.4 Å². The Labute approximate surface area is 169 Å². The molecule has 1 aliphatic carbocycles.